The van der Waals surface area contributed by atoms with Gasteiger partial charge in [-0.15, -0.1) is 0 Å². The van der Waals surface area contributed by atoms with Gasteiger partial charge in [-0.05, 0) is 35.9 Å². The largest absolute Gasteiger partial charge is 0.423 e. The highest BCUT2D eigenvalue weighted by atomic mass is 79.9. The summed E-state index contributed by atoms with van der Waals surface area (Å²) >= 11 is 9.08. The number of anilines is 1. The minimum Gasteiger partial charge on any atom is -0.423 e. The van der Waals surface area contributed by atoms with Gasteiger partial charge in [0, 0.05) is 22.5 Å². The van der Waals surface area contributed by atoms with Crippen molar-refractivity contribution in [2.75, 3.05) is 5.32 Å². The molecular weight excluding hydrogens is 373 g/mol. The van der Waals surface area contributed by atoms with Crippen LogP contribution in [0.1, 0.15) is 5.56 Å². The first-order valence-electron chi connectivity index (χ1n) is 6.45. The van der Waals surface area contributed by atoms with Crippen LogP contribution in [0.2, 0.25) is 5.02 Å². The van der Waals surface area contributed by atoms with Crippen LogP contribution in [-0.4, -0.2) is 0 Å². The highest BCUT2D eigenvalue weighted by Crippen LogP contribution is 2.25. The lowest BCUT2D eigenvalue weighted by atomic mass is 10.1. The van der Waals surface area contributed by atoms with Gasteiger partial charge in [-0.1, -0.05) is 33.6 Å². The van der Waals surface area contributed by atoms with Crippen LogP contribution in [0.15, 0.2) is 56.1 Å². The second-order valence-electron chi connectivity index (χ2n) is 4.69. The summed E-state index contributed by atoms with van der Waals surface area (Å²) in [5.74, 6) is -0.515. The Kier molecular flexibility index (Phi) is 4.18. The van der Waals surface area contributed by atoms with Crippen molar-refractivity contribution in [2.45, 2.75) is 6.54 Å². The number of benzene rings is 2. The topological polar surface area (TPSA) is 42.2 Å². The maximum absolute atomic E-state index is 13.9. The number of hydrogen-bond donors (Lipinski definition) is 1. The molecule has 0 fully saturated rings. The summed E-state index contributed by atoms with van der Waals surface area (Å²) < 4.78 is 19.9. The minimum atomic E-state index is -0.515. The molecule has 1 aromatic heterocycles. The average molecular weight is 383 g/mol. The van der Waals surface area contributed by atoms with Crippen LogP contribution in [0, 0.1) is 5.82 Å². The van der Waals surface area contributed by atoms with E-state index in [2.05, 4.69) is 21.2 Å². The van der Waals surface area contributed by atoms with Crippen molar-refractivity contribution in [1.82, 2.24) is 0 Å². The highest BCUT2D eigenvalue weighted by molar-refractivity contribution is 9.10. The third-order valence-electron chi connectivity index (χ3n) is 3.21. The molecule has 1 heterocycles. The summed E-state index contributed by atoms with van der Waals surface area (Å²) in [7, 11) is 0. The zero-order valence-corrected chi connectivity index (χ0v) is 13.5. The fourth-order valence-corrected chi connectivity index (χ4v) is 2.70. The molecule has 6 heteroatoms. The molecule has 0 radical (unpaired) electrons. The van der Waals surface area contributed by atoms with Gasteiger partial charge >= 0.3 is 5.63 Å². The van der Waals surface area contributed by atoms with Crippen LogP contribution in [0.25, 0.3) is 11.0 Å². The lowest BCUT2D eigenvalue weighted by Gasteiger charge is -2.10. The van der Waals surface area contributed by atoms with E-state index in [-0.39, 0.29) is 17.3 Å². The van der Waals surface area contributed by atoms with Crippen LogP contribution in [-0.2, 0) is 6.54 Å². The second kappa shape index (κ2) is 6.10. The van der Waals surface area contributed by atoms with E-state index >= 15 is 0 Å². The van der Waals surface area contributed by atoms with Crippen LogP contribution in [0.5, 0.6) is 0 Å². The van der Waals surface area contributed by atoms with Gasteiger partial charge in [-0.2, -0.15) is 0 Å². The molecule has 112 valence electrons. The van der Waals surface area contributed by atoms with Crippen LogP contribution in [0.4, 0.5) is 10.1 Å². The highest BCUT2D eigenvalue weighted by Gasteiger charge is 2.09. The zero-order chi connectivity index (χ0) is 15.7. The molecule has 1 N–H and O–H groups in total. The SMILES string of the molecule is O=c1cc(CNc2cccc(Cl)c2F)c2ccc(Br)cc2o1. The molecule has 3 aromatic rings. The van der Waals surface area contributed by atoms with Gasteiger partial charge in [-0.25, -0.2) is 9.18 Å². The summed E-state index contributed by atoms with van der Waals surface area (Å²) in [6.45, 7) is 0.279. The number of halogens is 3. The van der Waals surface area contributed by atoms with E-state index in [1.54, 1.807) is 18.2 Å². The van der Waals surface area contributed by atoms with E-state index in [9.17, 15) is 9.18 Å². The normalized spacial score (nSPS) is 10.9. The van der Waals surface area contributed by atoms with Gasteiger partial charge in [0.2, 0.25) is 0 Å². The van der Waals surface area contributed by atoms with Crippen LogP contribution in [0.3, 0.4) is 0 Å². The Morgan fingerprint density at radius 2 is 2.05 bits per heavy atom. The Balaban J connectivity index is 1.97. The first-order chi connectivity index (χ1) is 10.5. The summed E-state index contributed by atoms with van der Waals surface area (Å²) in [4.78, 5) is 11.6. The molecule has 0 saturated heterocycles. The van der Waals surface area contributed by atoms with E-state index in [0.29, 0.717) is 5.58 Å². The monoisotopic (exact) mass is 381 g/mol. The first-order valence-corrected chi connectivity index (χ1v) is 7.62. The molecule has 0 aliphatic heterocycles. The summed E-state index contributed by atoms with van der Waals surface area (Å²) in [6.07, 6.45) is 0. The van der Waals surface area contributed by atoms with Crippen molar-refractivity contribution in [2.24, 2.45) is 0 Å². The van der Waals surface area contributed by atoms with E-state index in [4.69, 9.17) is 16.0 Å². The maximum Gasteiger partial charge on any atom is 0.336 e. The lowest BCUT2D eigenvalue weighted by Crippen LogP contribution is -2.06. The molecule has 0 saturated carbocycles. The zero-order valence-electron chi connectivity index (χ0n) is 11.2. The maximum atomic E-state index is 13.9. The smallest absolute Gasteiger partial charge is 0.336 e. The van der Waals surface area contributed by atoms with Gasteiger partial charge in [0.1, 0.15) is 5.58 Å². The Hall–Kier alpha value is -1.85. The third-order valence-corrected chi connectivity index (χ3v) is 4.00. The Labute approximate surface area is 138 Å². The number of fused-ring (bicyclic) bond motifs is 1. The molecule has 0 atom stereocenters. The quantitative estimate of drug-likeness (QED) is 0.651. The average Bonchev–Trinajstić information content (AvgIpc) is 2.48. The van der Waals surface area contributed by atoms with Gasteiger partial charge in [0.15, 0.2) is 5.82 Å². The molecule has 0 amide bonds. The van der Waals surface area contributed by atoms with Gasteiger partial charge < -0.3 is 9.73 Å². The molecule has 3 nitrogen and oxygen atoms in total. The molecule has 3 rings (SSSR count). The third kappa shape index (κ3) is 3.00. The summed E-state index contributed by atoms with van der Waals surface area (Å²) in [5, 5.41) is 3.79. The summed E-state index contributed by atoms with van der Waals surface area (Å²) in [6, 6.07) is 11.5. The van der Waals surface area contributed by atoms with E-state index < -0.39 is 11.4 Å². The summed E-state index contributed by atoms with van der Waals surface area (Å²) in [5.41, 5.74) is 1.03. The van der Waals surface area contributed by atoms with E-state index in [1.807, 2.05) is 12.1 Å². The predicted molar refractivity (Wildman–Crippen MR) is 88.9 cm³/mol. The molecule has 0 unspecified atom stereocenters. The number of rotatable bonds is 3. The Morgan fingerprint density at radius 1 is 1.23 bits per heavy atom. The predicted octanol–water partition coefficient (Wildman–Crippen LogP) is 4.96. The van der Waals surface area contributed by atoms with Crippen molar-refractivity contribution in [1.29, 1.82) is 0 Å². The van der Waals surface area contributed by atoms with Gasteiger partial charge in [0.25, 0.3) is 0 Å². The molecule has 2 aromatic carbocycles. The fraction of sp³-hybridized carbons (Fsp3) is 0.0625. The lowest BCUT2D eigenvalue weighted by molar-refractivity contribution is 0.559. The van der Waals surface area contributed by atoms with Crippen molar-refractivity contribution >= 4 is 44.2 Å². The van der Waals surface area contributed by atoms with Crippen LogP contribution >= 0.6 is 27.5 Å². The van der Waals surface area contributed by atoms with Crippen molar-refractivity contribution in [3.8, 4) is 0 Å². The number of nitrogens with one attached hydrogen (secondary N) is 1. The fourth-order valence-electron chi connectivity index (χ4n) is 2.18. The van der Waals surface area contributed by atoms with Crippen molar-refractivity contribution in [3.05, 3.63) is 73.8 Å². The Bertz CT molecular complexity index is 910. The molecule has 0 bridgehead atoms. The molecule has 0 spiro atoms. The van der Waals surface area contributed by atoms with Gasteiger partial charge in [0.05, 0.1) is 10.7 Å². The molecule has 0 aliphatic carbocycles. The standard InChI is InChI=1S/C16H10BrClFNO2/c17-10-4-5-11-9(6-15(21)22-14(11)7-10)8-20-13-3-1-2-12(18)16(13)19/h1-7,20H,8H2. The number of hydrogen-bond acceptors (Lipinski definition) is 3. The first kappa shape index (κ1) is 15.1. The van der Waals surface area contributed by atoms with Crippen molar-refractivity contribution < 1.29 is 8.81 Å². The molecular formula is C16H10BrClFNO2. The second-order valence-corrected chi connectivity index (χ2v) is 6.01. The molecule has 0 aliphatic rings. The van der Waals surface area contributed by atoms with Crippen LogP contribution < -0.4 is 10.9 Å². The van der Waals surface area contributed by atoms with Gasteiger partial charge in [-0.3, -0.25) is 0 Å². The van der Waals surface area contributed by atoms with Crippen molar-refractivity contribution in [3.63, 3.8) is 0 Å². The minimum absolute atomic E-state index is 0.0476. The van der Waals surface area contributed by atoms with E-state index in [1.165, 1.54) is 12.1 Å². The molecule has 22 heavy (non-hydrogen) atoms. The Morgan fingerprint density at radius 3 is 2.86 bits per heavy atom. The van der Waals surface area contributed by atoms with E-state index in [0.717, 1.165) is 15.4 Å².